The summed E-state index contributed by atoms with van der Waals surface area (Å²) in [5.74, 6) is -0.347. The molecule has 1 aliphatic rings. The Labute approximate surface area is 118 Å². The van der Waals surface area contributed by atoms with Gasteiger partial charge in [-0.1, -0.05) is 6.42 Å². The lowest BCUT2D eigenvalue weighted by Crippen LogP contribution is -2.32. The second-order valence-corrected chi connectivity index (χ2v) is 5.34. The van der Waals surface area contributed by atoms with Gasteiger partial charge in [0.15, 0.2) is 4.77 Å². The molecule has 19 heavy (non-hydrogen) atoms. The number of H-pyrrole nitrogens is 1. The molecule has 0 bridgehead atoms. The number of carbonyl (C=O) groups excluding carboxylic acids is 1. The molecule has 1 N–H and O–H groups in total. The molecule has 0 aromatic carbocycles. The minimum Gasteiger partial charge on any atom is -0.464 e. The van der Waals surface area contributed by atoms with Gasteiger partial charge in [-0.2, -0.15) is 0 Å². The molecule has 1 aliphatic heterocycles. The Balaban J connectivity index is 2.10. The summed E-state index contributed by atoms with van der Waals surface area (Å²) in [5.41, 5.74) is 1.43. The monoisotopic (exact) mass is 283 g/mol. The number of methoxy groups -OCH3 is 1. The lowest BCUT2D eigenvalue weighted by Gasteiger charge is -2.26. The Hall–Kier alpha value is -1.14. The molecule has 1 aromatic heterocycles. The highest BCUT2D eigenvalue weighted by molar-refractivity contribution is 7.71. The van der Waals surface area contributed by atoms with E-state index in [9.17, 15) is 4.79 Å². The number of imidazole rings is 1. The normalized spacial score (nSPS) is 16.5. The summed E-state index contributed by atoms with van der Waals surface area (Å²) >= 11 is 5.19. The topological polar surface area (TPSA) is 50.3 Å². The van der Waals surface area contributed by atoms with E-state index in [0.29, 0.717) is 10.5 Å². The molecule has 1 fully saturated rings. The van der Waals surface area contributed by atoms with Crippen LogP contribution in [0.15, 0.2) is 0 Å². The molecule has 2 rings (SSSR count). The van der Waals surface area contributed by atoms with Gasteiger partial charge in [-0.25, -0.2) is 4.79 Å². The molecule has 0 atom stereocenters. The average molecular weight is 283 g/mol. The first kappa shape index (κ1) is 14.3. The summed E-state index contributed by atoms with van der Waals surface area (Å²) in [4.78, 5) is 17.1. The minimum atomic E-state index is -0.347. The van der Waals surface area contributed by atoms with Gasteiger partial charge in [0.1, 0.15) is 5.69 Å². The summed E-state index contributed by atoms with van der Waals surface area (Å²) in [6, 6.07) is 0. The van der Waals surface area contributed by atoms with Crippen molar-refractivity contribution in [3.63, 3.8) is 0 Å². The second-order valence-electron chi connectivity index (χ2n) is 4.95. The summed E-state index contributed by atoms with van der Waals surface area (Å²) in [6.07, 6.45) is 4.69. The maximum Gasteiger partial charge on any atom is 0.356 e. The van der Waals surface area contributed by atoms with Crippen molar-refractivity contribution in [2.75, 3.05) is 26.7 Å². The fourth-order valence-corrected chi connectivity index (χ4v) is 2.78. The zero-order valence-electron chi connectivity index (χ0n) is 11.6. The largest absolute Gasteiger partial charge is 0.464 e. The predicted molar refractivity (Wildman–Crippen MR) is 75.9 cm³/mol. The van der Waals surface area contributed by atoms with E-state index in [4.69, 9.17) is 17.0 Å². The molecule has 1 saturated heterocycles. The van der Waals surface area contributed by atoms with Crippen LogP contribution >= 0.6 is 12.2 Å². The van der Waals surface area contributed by atoms with Crippen molar-refractivity contribution in [2.45, 2.75) is 25.7 Å². The molecular weight excluding hydrogens is 262 g/mol. The number of ether oxygens (including phenoxy) is 1. The molecule has 0 unspecified atom stereocenters. The quantitative estimate of drug-likeness (QED) is 0.677. The van der Waals surface area contributed by atoms with E-state index in [-0.39, 0.29) is 5.97 Å². The molecule has 106 valence electrons. The fraction of sp³-hybridized carbons (Fsp3) is 0.692. The number of rotatable bonds is 4. The van der Waals surface area contributed by atoms with Crippen LogP contribution < -0.4 is 0 Å². The van der Waals surface area contributed by atoms with Gasteiger partial charge in [0.2, 0.25) is 0 Å². The van der Waals surface area contributed by atoms with Gasteiger partial charge < -0.3 is 19.2 Å². The summed E-state index contributed by atoms with van der Waals surface area (Å²) in [5, 5.41) is 0. The zero-order chi connectivity index (χ0) is 13.8. The zero-order valence-corrected chi connectivity index (χ0v) is 12.4. The highest BCUT2D eigenvalue weighted by atomic mass is 32.1. The van der Waals surface area contributed by atoms with Gasteiger partial charge in [0.05, 0.1) is 12.8 Å². The first-order chi connectivity index (χ1) is 9.13. The molecule has 0 spiro atoms. The van der Waals surface area contributed by atoms with Gasteiger partial charge in [-0.15, -0.1) is 0 Å². The Kier molecular flexibility index (Phi) is 4.76. The summed E-state index contributed by atoms with van der Waals surface area (Å²) in [7, 11) is 3.28. The maximum absolute atomic E-state index is 11.7. The lowest BCUT2D eigenvalue weighted by atomic mass is 10.1. The van der Waals surface area contributed by atoms with E-state index in [1.807, 2.05) is 11.6 Å². The predicted octanol–water partition coefficient (Wildman–Crippen LogP) is 1.90. The van der Waals surface area contributed by atoms with Crippen LogP contribution in [-0.2, 0) is 18.2 Å². The lowest BCUT2D eigenvalue weighted by molar-refractivity contribution is 0.0592. The summed E-state index contributed by atoms with van der Waals surface area (Å²) < 4.78 is 7.22. The number of likely N-dealkylation sites (tertiary alicyclic amines) is 1. The van der Waals surface area contributed by atoms with Crippen LogP contribution in [0.3, 0.4) is 0 Å². The summed E-state index contributed by atoms with van der Waals surface area (Å²) in [6.45, 7) is 3.27. The van der Waals surface area contributed by atoms with Crippen molar-refractivity contribution in [3.8, 4) is 0 Å². The molecule has 0 amide bonds. The molecule has 2 heterocycles. The number of esters is 1. The minimum absolute atomic E-state index is 0.347. The highest BCUT2D eigenvalue weighted by Gasteiger charge is 2.18. The van der Waals surface area contributed by atoms with Gasteiger partial charge in [-0.05, 0) is 38.1 Å². The third kappa shape index (κ3) is 3.25. The number of nitrogens with zero attached hydrogens (tertiary/aromatic N) is 2. The molecule has 5 nitrogen and oxygen atoms in total. The van der Waals surface area contributed by atoms with Crippen molar-refractivity contribution in [1.29, 1.82) is 0 Å². The number of piperidine rings is 1. The number of hydrogen-bond donors (Lipinski definition) is 1. The van der Waals surface area contributed by atoms with Crippen LogP contribution in [-0.4, -0.2) is 47.2 Å². The van der Waals surface area contributed by atoms with Crippen LogP contribution in [0.25, 0.3) is 0 Å². The number of hydrogen-bond acceptors (Lipinski definition) is 4. The van der Waals surface area contributed by atoms with Crippen LogP contribution in [0, 0.1) is 4.77 Å². The molecule has 0 radical (unpaired) electrons. The van der Waals surface area contributed by atoms with E-state index in [1.165, 1.54) is 26.4 Å². The van der Waals surface area contributed by atoms with Crippen LogP contribution in [0.2, 0.25) is 0 Å². The van der Waals surface area contributed by atoms with E-state index in [0.717, 1.165) is 31.7 Å². The fourth-order valence-electron chi connectivity index (χ4n) is 2.56. The Morgan fingerprint density at radius 3 is 2.68 bits per heavy atom. The van der Waals surface area contributed by atoms with Gasteiger partial charge in [-0.3, -0.25) is 0 Å². The highest BCUT2D eigenvalue weighted by Crippen LogP contribution is 2.13. The molecule has 6 heteroatoms. The Bertz CT molecular complexity index is 500. The van der Waals surface area contributed by atoms with Crippen molar-refractivity contribution in [2.24, 2.45) is 7.05 Å². The average Bonchev–Trinajstić information content (AvgIpc) is 2.73. The van der Waals surface area contributed by atoms with Gasteiger partial charge in [0, 0.05) is 20.0 Å². The third-order valence-electron chi connectivity index (χ3n) is 3.73. The third-order valence-corrected chi connectivity index (χ3v) is 4.11. The van der Waals surface area contributed by atoms with Crippen molar-refractivity contribution in [1.82, 2.24) is 14.5 Å². The number of aromatic nitrogens is 2. The smallest absolute Gasteiger partial charge is 0.356 e. The van der Waals surface area contributed by atoms with Crippen LogP contribution in [0.1, 0.15) is 35.4 Å². The van der Waals surface area contributed by atoms with Crippen molar-refractivity contribution in [3.05, 3.63) is 16.2 Å². The maximum atomic E-state index is 11.7. The van der Waals surface area contributed by atoms with Crippen molar-refractivity contribution < 1.29 is 9.53 Å². The van der Waals surface area contributed by atoms with Crippen LogP contribution in [0.4, 0.5) is 0 Å². The van der Waals surface area contributed by atoms with E-state index in [2.05, 4.69) is 9.88 Å². The van der Waals surface area contributed by atoms with Crippen molar-refractivity contribution >= 4 is 18.2 Å². The molecule has 1 aromatic rings. The number of carbonyl (C=O) groups is 1. The SMILES string of the molecule is COC(=O)c1[nH]c(=S)n(C)c1CCN1CCCCC1. The van der Waals surface area contributed by atoms with E-state index < -0.39 is 0 Å². The van der Waals surface area contributed by atoms with Gasteiger partial charge in [0.25, 0.3) is 0 Å². The first-order valence-corrected chi connectivity index (χ1v) is 7.13. The second kappa shape index (κ2) is 6.34. The Morgan fingerprint density at radius 1 is 1.37 bits per heavy atom. The Morgan fingerprint density at radius 2 is 2.05 bits per heavy atom. The molecular formula is C13H21N3O2S. The van der Waals surface area contributed by atoms with E-state index >= 15 is 0 Å². The number of aromatic amines is 1. The first-order valence-electron chi connectivity index (χ1n) is 6.72. The van der Waals surface area contributed by atoms with E-state index in [1.54, 1.807) is 0 Å². The standard InChI is InChI=1S/C13H21N3O2S/c1-15-10(6-9-16-7-4-3-5-8-16)11(12(17)18-2)14-13(15)19/h3-9H2,1-2H3,(H,14,19). The van der Waals surface area contributed by atoms with Gasteiger partial charge >= 0.3 is 5.97 Å². The number of nitrogens with one attached hydrogen (secondary N) is 1. The molecule has 0 saturated carbocycles. The molecule has 0 aliphatic carbocycles. The van der Waals surface area contributed by atoms with Crippen LogP contribution in [0.5, 0.6) is 0 Å².